The van der Waals surface area contributed by atoms with Gasteiger partial charge in [-0.25, -0.2) is 0 Å². The summed E-state index contributed by atoms with van der Waals surface area (Å²) in [5, 5.41) is 3.60. The zero-order valence-electron chi connectivity index (χ0n) is 9.22. The normalized spacial score (nSPS) is 33.1. The average Bonchev–Trinajstić information content (AvgIpc) is 3.09. The number of thiophene rings is 1. The zero-order valence-corrected chi connectivity index (χ0v) is 11.6. The van der Waals surface area contributed by atoms with Crippen LogP contribution in [0.3, 0.4) is 0 Å². The lowest BCUT2D eigenvalue weighted by atomic mass is 9.98. The molecule has 1 nitrogen and oxygen atoms in total. The summed E-state index contributed by atoms with van der Waals surface area (Å²) in [6.45, 7) is 3.43. The van der Waals surface area contributed by atoms with E-state index in [2.05, 4.69) is 12.2 Å². The highest BCUT2D eigenvalue weighted by Gasteiger charge is 2.52. The van der Waals surface area contributed by atoms with Gasteiger partial charge in [0, 0.05) is 6.04 Å². The summed E-state index contributed by atoms with van der Waals surface area (Å²) in [6, 6.07) is 2.84. The average molecular weight is 276 g/mol. The van der Waals surface area contributed by atoms with Gasteiger partial charge in [-0.3, -0.25) is 0 Å². The van der Waals surface area contributed by atoms with E-state index in [1.807, 2.05) is 6.07 Å². The van der Waals surface area contributed by atoms with Crippen LogP contribution in [0.5, 0.6) is 0 Å². The van der Waals surface area contributed by atoms with Gasteiger partial charge < -0.3 is 5.32 Å². The van der Waals surface area contributed by atoms with E-state index in [1.165, 1.54) is 36.2 Å². The minimum atomic E-state index is 0.266. The maximum Gasteiger partial charge on any atom is 0.0981 e. The topological polar surface area (TPSA) is 12.0 Å². The second-order valence-electron chi connectivity index (χ2n) is 5.24. The van der Waals surface area contributed by atoms with Crippen molar-refractivity contribution in [2.45, 2.75) is 37.6 Å². The Kier molecular flexibility index (Phi) is 2.75. The van der Waals surface area contributed by atoms with Crippen molar-refractivity contribution >= 4 is 34.5 Å². The van der Waals surface area contributed by atoms with E-state index in [4.69, 9.17) is 23.2 Å². The van der Waals surface area contributed by atoms with Gasteiger partial charge in [0.15, 0.2) is 0 Å². The molecule has 2 aliphatic rings. The molecule has 88 valence electrons. The van der Waals surface area contributed by atoms with Crippen LogP contribution in [0.1, 0.15) is 31.7 Å². The predicted octanol–water partition coefficient (Wildman–Crippen LogP) is 4.08. The monoisotopic (exact) mass is 275 g/mol. The number of rotatable bonds is 4. The van der Waals surface area contributed by atoms with Gasteiger partial charge in [-0.1, -0.05) is 30.1 Å². The van der Waals surface area contributed by atoms with E-state index in [1.54, 1.807) is 0 Å². The van der Waals surface area contributed by atoms with Crippen LogP contribution in [0.4, 0.5) is 0 Å². The molecule has 0 aliphatic heterocycles. The molecule has 1 heterocycles. The zero-order chi connectivity index (χ0) is 11.3. The van der Waals surface area contributed by atoms with Crippen molar-refractivity contribution in [1.82, 2.24) is 5.32 Å². The molecular formula is C12H15Cl2NS. The van der Waals surface area contributed by atoms with Crippen LogP contribution < -0.4 is 5.32 Å². The second kappa shape index (κ2) is 3.88. The molecule has 0 spiro atoms. The van der Waals surface area contributed by atoms with Crippen molar-refractivity contribution in [2.75, 3.05) is 6.54 Å². The van der Waals surface area contributed by atoms with Crippen molar-refractivity contribution in [1.29, 1.82) is 0 Å². The third kappa shape index (κ3) is 2.01. The van der Waals surface area contributed by atoms with Crippen molar-refractivity contribution in [2.24, 2.45) is 5.92 Å². The Labute approximate surface area is 110 Å². The smallest absolute Gasteiger partial charge is 0.0981 e. The maximum atomic E-state index is 6.22. The molecule has 2 unspecified atom stereocenters. The van der Waals surface area contributed by atoms with Gasteiger partial charge in [0.05, 0.1) is 8.67 Å². The molecule has 0 bridgehead atoms. The van der Waals surface area contributed by atoms with E-state index in [0.29, 0.717) is 0 Å². The van der Waals surface area contributed by atoms with Gasteiger partial charge in [0.25, 0.3) is 0 Å². The number of hydrogen-bond acceptors (Lipinski definition) is 2. The van der Waals surface area contributed by atoms with E-state index in [0.717, 1.165) is 27.2 Å². The Morgan fingerprint density at radius 3 is 2.81 bits per heavy atom. The molecule has 4 heteroatoms. The van der Waals surface area contributed by atoms with E-state index >= 15 is 0 Å². The summed E-state index contributed by atoms with van der Waals surface area (Å²) < 4.78 is 1.68. The van der Waals surface area contributed by atoms with Gasteiger partial charge in [0.2, 0.25) is 0 Å². The second-order valence-corrected chi connectivity index (χ2v) is 7.52. The van der Waals surface area contributed by atoms with Gasteiger partial charge >= 0.3 is 0 Å². The quantitative estimate of drug-likeness (QED) is 0.873. The molecule has 2 atom stereocenters. The molecule has 1 aromatic heterocycles. The SMILES string of the molecule is CC1(c2cc(Cl)sc2Cl)CC1CNC1CC1. The molecule has 0 aromatic carbocycles. The fraction of sp³-hybridized carbons (Fsp3) is 0.667. The lowest BCUT2D eigenvalue weighted by Crippen LogP contribution is -2.22. The first kappa shape index (κ1) is 11.3. The van der Waals surface area contributed by atoms with E-state index in [-0.39, 0.29) is 5.41 Å². The van der Waals surface area contributed by atoms with Crippen LogP contribution >= 0.6 is 34.5 Å². The fourth-order valence-corrected chi connectivity index (χ4v) is 4.14. The third-order valence-electron chi connectivity index (χ3n) is 3.91. The molecule has 2 fully saturated rings. The van der Waals surface area contributed by atoms with Crippen molar-refractivity contribution in [3.8, 4) is 0 Å². The molecule has 16 heavy (non-hydrogen) atoms. The highest BCUT2D eigenvalue weighted by atomic mass is 35.5. The summed E-state index contributed by atoms with van der Waals surface area (Å²) >= 11 is 13.7. The van der Waals surface area contributed by atoms with E-state index < -0.39 is 0 Å². The summed E-state index contributed by atoms with van der Waals surface area (Å²) in [6.07, 6.45) is 3.95. The molecule has 0 amide bonds. The Morgan fingerprint density at radius 2 is 2.25 bits per heavy atom. The minimum absolute atomic E-state index is 0.266. The molecule has 0 saturated heterocycles. The van der Waals surface area contributed by atoms with Crippen LogP contribution in [0, 0.1) is 5.92 Å². The Morgan fingerprint density at radius 1 is 1.50 bits per heavy atom. The van der Waals surface area contributed by atoms with E-state index in [9.17, 15) is 0 Å². The first-order chi connectivity index (χ1) is 7.59. The Bertz CT molecular complexity index is 413. The molecule has 0 radical (unpaired) electrons. The molecule has 1 aromatic rings. The summed E-state index contributed by atoms with van der Waals surface area (Å²) in [5.41, 5.74) is 1.52. The summed E-state index contributed by atoms with van der Waals surface area (Å²) in [5.74, 6) is 0.733. The largest absolute Gasteiger partial charge is 0.314 e. The fourth-order valence-electron chi connectivity index (χ4n) is 2.41. The number of nitrogens with one attached hydrogen (secondary N) is 1. The van der Waals surface area contributed by atoms with Crippen LogP contribution in [0.15, 0.2) is 6.07 Å². The number of hydrogen-bond donors (Lipinski definition) is 1. The molecule has 1 N–H and O–H groups in total. The lowest BCUT2D eigenvalue weighted by Gasteiger charge is -2.10. The first-order valence-corrected chi connectivity index (χ1v) is 7.35. The van der Waals surface area contributed by atoms with Crippen LogP contribution in [-0.4, -0.2) is 12.6 Å². The Balaban J connectivity index is 1.68. The third-order valence-corrected chi connectivity index (χ3v) is 5.40. The van der Waals surface area contributed by atoms with Crippen LogP contribution in [0.25, 0.3) is 0 Å². The van der Waals surface area contributed by atoms with Gasteiger partial charge in [-0.15, -0.1) is 11.3 Å². The standard InChI is InChI=1S/C12H15Cl2NS/c1-12(9-4-10(13)16-11(9)14)5-7(12)6-15-8-2-3-8/h4,7-8,15H,2-3,5-6H2,1H3. The van der Waals surface area contributed by atoms with Crippen molar-refractivity contribution in [3.05, 3.63) is 20.3 Å². The van der Waals surface area contributed by atoms with Crippen LogP contribution in [0.2, 0.25) is 8.67 Å². The maximum absolute atomic E-state index is 6.22. The van der Waals surface area contributed by atoms with Gasteiger partial charge in [0.1, 0.15) is 0 Å². The number of halogens is 2. The van der Waals surface area contributed by atoms with Crippen LogP contribution in [-0.2, 0) is 5.41 Å². The Hall–Kier alpha value is 0.240. The summed E-state index contributed by atoms with van der Waals surface area (Å²) in [4.78, 5) is 0. The lowest BCUT2D eigenvalue weighted by molar-refractivity contribution is 0.576. The summed E-state index contributed by atoms with van der Waals surface area (Å²) in [7, 11) is 0. The van der Waals surface area contributed by atoms with Crippen molar-refractivity contribution < 1.29 is 0 Å². The molecule has 3 rings (SSSR count). The molecule has 2 aliphatic carbocycles. The molecular weight excluding hydrogens is 261 g/mol. The first-order valence-electron chi connectivity index (χ1n) is 5.78. The van der Waals surface area contributed by atoms with Gasteiger partial charge in [-0.05, 0) is 48.8 Å². The highest BCUT2D eigenvalue weighted by molar-refractivity contribution is 7.20. The molecule has 2 saturated carbocycles. The predicted molar refractivity (Wildman–Crippen MR) is 70.8 cm³/mol. The van der Waals surface area contributed by atoms with Crippen molar-refractivity contribution in [3.63, 3.8) is 0 Å². The highest BCUT2D eigenvalue weighted by Crippen LogP contribution is 2.57. The minimum Gasteiger partial charge on any atom is -0.314 e. The van der Waals surface area contributed by atoms with Gasteiger partial charge in [-0.2, -0.15) is 0 Å².